The van der Waals surface area contributed by atoms with Crippen molar-refractivity contribution in [2.45, 2.75) is 44.2 Å². The first-order valence-corrected chi connectivity index (χ1v) is 8.43. The van der Waals surface area contributed by atoms with Gasteiger partial charge in [-0.05, 0) is 19.4 Å². The molecule has 0 aliphatic carbocycles. The molecule has 1 N–H and O–H groups in total. The average Bonchev–Trinajstić information content (AvgIpc) is 1.99. The zero-order chi connectivity index (χ0) is 8.91. The van der Waals surface area contributed by atoms with Gasteiger partial charge in [0.25, 0.3) is 0 Å². The third-order valence-electron chi connectivity index (χ3n) is 1.97. The highest BCUT2D eigenvalue weighted by atomic mass is 79.9. The Balaban J connectivity index is 3.77. The molecule has 0 saturated carbocycles. The molecule has 0 spiro atoms. The normalized spacial score (nSPS) is 15.0. The van der Waals surface area contributed by atoms with Gasteiger partial charge in [0.15, 0.2) is 0 Å². The second-order valence-corrected chi connectivity index (χ2v) is 9.97. The Hall–Kier alpha value is 0.657. The quantitative estimate of drug-likeness (QED) is 0.573. The van der Waals surface area contributed by atoms with Gasteiger partial charge in [-0.25, -0.2) is 0 Å². The molecule has 1 atom stereocenters. The van der Waals surface area contributed by atoms with Crippen molar-refractivity contribution in [2.75, 3.05) is 6.54 Å². The Morgan fingerprint density at radius 1 is 1.36 bits per heavy atom. The predicted octanol–water partition coefficient (Wildman–Crippen LogP) is 2.90. The number of halogens is 1. The van der Waals surface area contributed by atoms with Gasteiger partial charge in [0.1, 0.15) is 8.24 Å². The van der Waals surface area contributed by atoms with Crippen LogP contribution in [0, 0.1) is 0 Å². The molecule has 0 heterocycles. The molecule has 0 rings (SSSR count). The van der Waals surface area contributed by atoms with Crippen molar-refractivity contribution < 1.29 is 0 Å². The highest BCUT2D eigenvalue weighted by Crippen LogP contribution is 2.16. The molecule has 11 heavy (non-hydrogen) atoms. The fourth-order valence-electron chi connectivity index (χ4n) is 1.07. The summed E-state index contributed by atoms with van der Waals surface area (Å²) in [4.78, 5) is 3.65. The van der Waals surface area contributed by atoms with E-state index in [4.69, 9.17) is 0 Å². The standard InChI is InChI=1S/C8H20BrNSi/c1-5-7-10-11(3,4)8(9)6-2/h8,10H,5-7H2,1-4H3. The Morgan fingerprint density at radius 2 is 1.91 bits per heavy atom. The molecule has 3 heteroatoms. The summed E-state index contributed by atoms with van der Waals surface area (Å²) in [5.41, 5.74) is 0. The van der Waals surface area contributed by atoms with Crippen molar-refractivity contribution in [2.24, 2.45) is 0 Å². The first-order valence-electron chi connectivity index (χ1n) is 4.43. The van der Waals surface area contributed by atoms with Crippen molar-refractivity contribution in [3.05, 3.63) is 0 Å². The molecular formula is C8H20BrNSi. The molecule has 68 valence electrons. The van der Waals surface area contributed by atoms with Crippen LogP contribution in [0.2, 0.25) is 13.1 Å². The fraction of sp³-hybridized carbons (Fsp3) is 1.00. The van der Waals surface area contributed by atoms with Crippen LogP contribution in [0.4, 0.5) is 0 Å². The lowest BCUT2D eigenvalue weighted by Crippen LogP contribution is -2.52. The van der Waals surface area contributed by atoms with Gasteiger partial charge >= 0.3 is 0 Å². The van der Waals surface area contributed by atoms with Gasteiger partial charge in [0.05, 0.1) is 0 Å². The van der Waals surface area contributed by atoms with E-state index in [1.165, 1.54) is 19.4 Å². The Kier molecular flexibility index (Phi) is 5.65. The van der Waals surface area contributed by atoms with Crippen molar-refractivity contribution in [1.29, 1.82) is 0 Å². The van der Waals surface area contributed by atoms with Crippen LogP contribution in [0.15, 0.2) is 0 Å². The lowest BCUT2D eigenvalue weighted by Gasteiger charge is -2.28. The molecule has 0 aliphatic rings. The van der Waals surface area contributed by atoms with E-state index in [1.807, 2.05) is 0 Å². The van der Waals surface area contributed by atoms with Crippen LogP contribution in [0.1, 0.15) is 26.7 Å². The molecule has 0 aromatic carbocycles. The predicted molar refractivity (Wildman–Crippen MR) is 58.8 cm³/mol. The molecule has 0 aliphatic heterocycles. The summed E-state index contributed by atoms with van der Waals surface area (Å²) in [5, 5.41) is 0. The van der Waals surface area contributed by atoms with E-state index in [0.29, 0.717) is 4.45 Å². The molecule has 0 fully saturated rings. The van der Waals surface area contributed by atoms with Crippen LogP contribution >= 0.6 is 15.9 Å². The Bertz CT molecular complexity index is 106. The van der Waals surface area contributed by atoms with Gasteiger partial charge in [-0.15, -0.1) is 0 Å². The van der Waals surface area contributed by atoms with E-state index in [1.54, 1.807) is 0 Å². The zero-order valence-corrected chi connectivity index (χ0v) is 10.7. The molecule has 1 nitrogen and oxygen atoms in total. The highest BCUT2D eigenvalue weighted by molar-refractivity contribution is 9.10. The number of rotatable bonds is 5. The number of nitrogens with one attached hydrogen (secondary N) is 1. The third-order valence-corrected chi connectivity index (χ3v) is 9.19. The summed E-state index contributed by atoms with van der Waals surface area (Å²) in [5.74, 6) is 0. The minimum atomic E-state index is -1.16. The van der Waals surface area contributed by atoms with Crippen LogP contribution in [-0.4, -0.2) is 19.2 Å². The lowest BCUT2D eigenvalue weighted by atomic mass is 10.5. The van der Waals surface area contributed by atoms with Crippen LogP contribution < -0.4 is 4.98 Å². The molecule has 0 bridgehead atoms. The molecule has 0 radical (unpaired) electrons. The largest absolute Gasteiger partial charge is 0.337 e. The summed E-state index contributed by atoms with van der Waals surface area (Å²) in [6, 6.07) is 0. The van der Waals surface area contributed by atoms with Crippen LogP contribution in [-0.2, 0) is 0 Å². The number of hydrogen-bond donors (Lipinski definition) is 1. The summed E-state index contributed by atoms with van der Waals surface area (Å²) in [6.07, 6.45) is 2.47. The van der Waals surface area contributed by atoms with Crippen molar-refractivity contribution in [3.63, 3.8) is 0 Å². The first-order chi connectivity index (χ1) is 5.04. The fourth-order valence-corrected chi connectivity index (χ4v) is 3.69. The maximum Gasteiger partial charge on any atom is 0.133 e. The van der Waals surface area contributed by atoms with Crippen LogP contribution in [0.25, 0.3) is 0 Å². The van der Waals surface area contributed by atoms with E-state index in [9.17, 15) is 0 Å². The van der Waals surface area contributed by atoms with E-state index >= 15 is 0 Å². The minimum Gasteiger partial charge on any atom is -0.337 e. The SMILES string of the molecule is CCCN[Si](C)(C)C(Br)CC. The van der Waals surface area contributed by atoms with Gasteiger partial charge in [-0.1, -0.05) is 42.9 Å². The number of alkyl halides is 1. The van der Waals surface area contributed by atoms with Gasteiger partial charge in [0.2, 0.25) is 0 Å². The highest BCUT2D eigenvalue weighted by Gasteiger charge is 2.27. The lowest BCUT2D eigenvalue weighted by molar-refractivity contribution is 0.821. The van der Waals surface area contributed by atoms with Gasteiger partial charge in [0, 0.05) is 4.45 Å². The van der Waals surface area contributed by atoms with E-state index in [-0.39, 0.29) is 0 Å². The van der Waals surface area contributed by atoms with Gasteiger partial charge < -0.3 is 4.98 Å². The van der Waals surface area contributed by atoms with Crippen molar-refractivity contribution >= 4 is 24.2 Å². The van der Waals surface area contributed by atoms with E-state index < -0.39 is 8.24 Å². The maximum atomic E-state index is 3.73. The van der Waals surface area contributed by atoms with Crippen LogP contribution in [0.3, 0.4) is 0 Å². The average molecular weight is 238 g/mol. The summed E-state index contributed by atoms with van der Waals surface area (Å²) in [6.45, 7) is 10.4. The second kappa shape index (κ2) is 5.33. The first kappa shape index (κ1) is 11.7. The third kappa shape index (κ3) is 4.28. The number of hydrogen-bond acceptors (Lipinski definition) is 1. The molecule has 0 saturated heterocycles. The summed E-state index contributed by atoms with van der Waals surface area (Å²) in [7, 11) is -1.16. The van der Waals surface area contributed by atoms with Gasteiger partial charge in [-0.2, -0.15) is 0 Å². The van der Waals surface area contributed by atoms with E-state index in [0.717, 1.165) is 0 Å². The second-order valence-electron chi connectivity index (χ2n) is 3.52. The van der Waals surface area contributed by atoms with Gasteiger partial charge in [-0.3, -0.25) is 0 Å². The minimum absolute atomic E-state index is 0.710. The maximum absolute atomic E-state index is 3.73. The molecule has 0 aromatic heterocycles. The topological polar surface area (TPSA) is 12.0 Å². The van der Waals surface area contributed by atoms with E-state index in [2.05, 4.69) is 47.9 Å². The van der Waals surface area contributed by atoms with Crippen molar-refractivity contribution in [1.82, 2.24) is 4.98 Å². The summed E-state index contributed by atoms with van der Waals surface area (Å²) >= 11 is 3.73. The van der Waals surface area contributed by atoms with Crippen molar-refractivity contribution in [3.8, 4) is 0 Å². The zero-order valence-electron chi connectivity index (χ0n) is 8.08. The Morgan fingerprint density at radius 3 is 2.27 bits per heavy atom. The molecule has 1 unspecified atom stereocenters. The molecular weight excluding hydrogens is 218 g/mol. The Labute approximate surface area is 80.2 Å². The molecule has 0 amide bonds. The summed E-state index contributed by atoms with van der Waals surface area (Å²) < 4.78 is 0.710. The monoisotopic (exact) mass is 237 g/mol. The van der Waals surface area contributed by atoms with Crippen LogP contribution in [0.5, 0.6) is 0 Å². The smallest absolute Gasteiger partial charge is 0.133 e. The molecule has 0 aromatic rings.